The van der Waals surface area contributed by atoms with Crippen LogP contribution in [0.2, 0.25) is 0 Å². The largest absolute Gasteiger partial charge is 0.476 e. The zero-order valence-corrected chi connectivity index (χ0v) is 11.7. The van der Waals surface area contributed by atoms with E-state index in [1.165, 1.54) is 19.0 Å². The van der Waals surface area contributed by atoms with Crippen molar-refractivity contribution in [3.8, 4) is 0 Å². The van der Waals surface area contributed by atoms with Crippen LogP contribution in [0.25, 0.3) is 0 Å². The maximum atomic E-state index is 12.2. The Kier molecular flexibility index (Phi) is 3.74. The molecule has 1 aliphatic carbocycles. The van der Waals surface area contributed by atoms with Crippen molar-refractivity contribution in [1.29, 1.82) is 0 Å². The number of rotatable bonds is 3. The van der Waals surface area contributed by atoms with E-state index in [2.05, 4.69) is 15.2 Å². The Hall–Kier alpha value is -2.15. The number of amides is 2. The number of pyridine rings is 1. The van der Waals surface area contributed by atoms with Gasteiger partial charge in [0.15, 0.2) is 5.69 Å². The first-order chi connectivity index (χ1) is 10.1. The van der Waals surface area contributed by atoms with Crippen molar-refractivity contribution in [3.63, 3.8) is 0 Å². The molecule has 21 heavy (non-hydrogen) atoms. The predicted molar refractivity (Wildman–Crippen MR) is 76.4 cm³/mol. The van der Waals surface area contributed by atoms with Crippen molar-refractivity contribution in [1.82, 2.24) is 14.8 Å². The number of carboxylic acids is 1. The van der Waals surface area contributed by atoms with E-state index in [-0.39, 0.29) is 17.4 Å². The average Bonchev–Trinajstić information content (AvgIpc) is 3.32. The highest BCUT2D eigenvalue weighted by molar-refractivity contribution is 5.98. The number of aromatic nitrogens is 1. The third-order valence-electron chi connectivity index (χ3n) is 3.92. The molecular formula is C14H18N4O3. The Bertz CT molecular complexity index is 551. The lowest BCUT2D eigenvalue weighted by molar-refractivity contribution is 0.0691. The lowest BCUT2D eigenvalue weighted by atomic mass is 10.3. The zero-order valence-electron chi connectivity index (χ0n) is 11.7. The van der Waals surface area contributed by atoms with Crippen molar-refractivity contribution in [3.05, 3.63) is 24.0 Å². The SMILES string of the molecule is O=C(O)c1ncccc1NC(=O)N1CCN(C2CC2)CC1. The lowest BCUT2D eigenvalue weighted by Crippen LogP contribution is -2.50. The van der Waals surface area contributed by atoms with Gasteiger partial charge < -0.3 is 15.3 Å². The van der Waals surface area contributed by atoms with Crippen LogP contribution < -0.4 is 5.32 Å². The van der Waals surface area contributed by atoms with Gasteiger partial charge in [0.05, 0.1) is 5.69 Å². The maximum absolute atomic E-state index is 12.2. The van der Waals surface area contributed by atoms with Crippen LogP contribution in [0.4, 0.5) is 10.5 Å². The van der Waals surface area contributed by atoms with Crippen LogP contribution in [-0.4, -0.2) is 64.1 Å². The molecule has 0 aromatic carbocycles. The fourth-order valence-electron chi connectivity index (χ4n) is 2.60. The molecule has 1 saturated carbocycles. The molecule has 0 spiro atoms. The highest BCUT2D eigenvalue weighted by Crippen LogP contribution is 2.27. The number of hydrogen-bond donors (Lipinski definition) is 2. The first kappa shape index (κ1) is 13.8. The van der Waals surface area contributed by atoms with Gasteiger partial charge in [0.1, 0.15) is 0 Å². The minimum atomic E-state index is -1.15. The van der Waals surface area contributed by atoms with Gasteiger partial charge in [-0.1, -0.05) is 0 Å². The number of hydrogen-bond acceptors (Lipinski definition) is 4. The molecule has 2 fully saturated rings. The highest BCUT2D eigenvalue weighted by Gasteiger charge is 2.32. The van der Waals surface area contributed by atoms with E-state index in [0.29, 0.717) is 19.1 Å². The van der Waals surface area contributed by atoms with E-state index in [0.717, 1.165) is 13.1 Å². The summed E-state index contributed by atoms with van der Waals surface area (Å²) in [7, 11) is 0. The van der Waals surface area contributed by atoms with Crippen molar-refractivity contribution in [2.75, 3.05) is 31.5 Å². The molecule has 2 amide bonds. The Morgan fingerprint density at radius 2 is 1.95 bits per heavy atom. The van der Waals surface area contributed by atoms with Gasteiger partial charge >= 0.3 is 12.0 Å². The summed E-state index contributed by atoms with van der Waals surface area (Å²) in [6, 6.07) is 3.61. The minimum Gasteiger partial charge on any atom is -0.476 e. The number of carboxylic acid groups (broad SMARTS) is 1. The summed E-state index contributed by atoms with van der Waals surface area (Å²) in [5.41, 5.74) is 0.0992. The molecule has 2 N–H and O–H groups in total. The second-order valence-electron chi connectivity index (χ2n) is 5.39. The molecule has 112 valence electrons. The van der Waals surface area contributed by atoms with Gasteiger partial charge in [0, 0.05) is 38.4 Å². The van der Waals surface area contributed by atoms with Crippen molar-refractivity contribution >= 4 is 17.7 Å². The van der Waals surface area contributed by atoms with E-state index in [1.807, 2.05) is 0 Å². The summed E-state index contributed by atoms with van der Waals surface area (Å²) in [6.45, 7) is 3.11. The molecule has 2 aliphatic rings. The van der Waals surface area contributed by atoms with E-state index < -0.39 is 5.97 Å². The Labute approximate surface area is 122 Å². The van der Waals surface area contributed by atoms with E-state index >= 15 is 0 Å². The number of nitrogens with zero attached hydrogens (tertiary/aromatic N) is 3. The predicted octanol–water partition coefficient (Wildman–Crippen LogP) is 1.09. The second-order valence-corrected chi connectivity index (χ2v) is 5.39. The molecule has 7 nitrogen and oxygen atoms in total. The molecule has 1 aromatic rings. The minimum absolute atomic E-state index is 0.137. The topological polar surface area (TPSA) is 85.8 Å². The molecule has 1 aromatic heterocycles. The van der Waals surface area contributed by atoms with Gasteiger partial charge in [-0.2, -0.15) is 0 Å². The zero-order chi connectivity index (χ0) is 14.8. The van der Waals surface area contributed by atoms with Crippen LogP contribution in [0.3, 0.4) is 0 Å². The third kappa shape index (κ3) is 3.13. The number of piperazine rings is 1. The summed E-state index contributed by atoms with van der Waals surface area (Å²) < 4.78 is 0. The first-order valence-corrected chi connectivity index (χ1v) is 7.13. The van der Waals surface area contributed by atoms with Crippen molar-refractivity contribution in [2.24, 2.45) is 0 Å². The van der Waals surface area contributed by atoms with Crippen LogP contribution >= 0.6 is 0 Å². The first-order valence-electron chi connectivity index (χ1n) is 7.13. The highest BCUT2D eigenvalue weighted by atomic mass is 16.4. The second kappa shape index (κ2) is 5.69. The van der Waals surface area contributed by atoms with Crippen LogP contribution in [0, 0.1) is 0 Å². The third-order valence-corrected chi connectivity index (χ3v) is 3.92. The molecule has 0 unspecified atom stereocenters. The summed E-state index contributed by atoms with van der Waals surface area (Å²) >= 11 is 0. The number of carbonyl (C=O) groups is 2. The van der Waals surface area contributed by atoms with Gasteiger partial charge in [0.25, 0.3) is 0 Å². The Morgan fingerprint density at radius 3 is 2.57 bits per heavy atom. The number of urea groups is 1. The molecular weight excluding hydrogens is 272 g/mol. The molecule has 0 radical (unpaired) electrons. The molecule has 0 atom stereocenters. The number of carbonyl (C=O) groups excluding carboxylic acids is 1. The fourth-order valence-corrected chi connectivity index (χ4v) is 2.60. The van der Waals surface area contributed by atoms with E-state index in [1.54, 1.807) is 17.0 Å². The van der Waals surface area contributed by atoms with Crippen molar-refractivity contribution in [2.45, 2.75) is 18.9 Å². The number of aromatic carboxylic acids is 1. The van der Waals surface area contributed by atoms with Gasteiger partial charge in [-0.25, -0.2) is 14.6 Å². The van der Waals surface area contributed by atoms with E-state index in [4.69, 9.17) is 5.11 Å². The van der Waals surface area contributed by atoms with Crippen LogP contribution in [0.5, 0.6) is 0 Å². The van der Waals surface area contributed by atoms with Gasteiger partial charge in [0.2, 0.25) is 0 Å². The normalized spacial score (nSPS) is 19.3. The van der Waals surface area contributed by atoms with E-state index in [9.17, 15) is 9.59 Å². The van der Waals surface area contributed by atoms with Crippen molar-refractivity contribution < 1.29 is 14.7 Å². The summed E-state index contributed by atoms with van der Waals surface area (Å²) in [6.07, 6.45) is 3.93. The van der Waals surface area contributed by atoms with Gasteiger partial charge in [-0.3, -0.25) is 4.90 Å². The summed E-state index contributed by atoms with van der Waals surface area (Å²) in [5.74, 6) is -1.15. The summed E-state index contributed by atoms with van der Waals surface area (Å²) in [5, 5.41) is 11.7. The van der Waals surface area contributed by atoms with Crippen LogP contribution in [0.1, 0.15) is 23.3 Å². The average molecular weight is 290 g/mol. The Balaban J connectivity index is 1.60. The fraction of sp³-hybridized carbons (Fsp3) is 0.500. The molecule has 7 heteroatoms. The Morgan fingerprint density at radius 1 is 1.24 bits per heavy atom. The van der Waals surface area contributed by atoms with Gasteiger partial charge in [-0.05, 0) is 25.0 Å². The van der Waals surface area contributed by atoms with Gasteiger partial charge in [-0.15, -0.1) is 0 Å². The summed E-state index contributed by atoms with van der Waals surface area (Å²) in [4.78, 5) is 31.2. The van der Waals surface area contributed by atoms with Crippen LogP contribution in [0.15, 0.2) is 18.3 Å². The molecule has 1 aliphatic heterocycles. The quantitative estimate of drug-likeness (QED) is 0.870. The lowest BCUT2D eigenvalue weighted by Gasteiger charge is -2.34. The molecule has 0 bridgehead atoms. The number of anilines is 1. The standard InChI is InChI=1S/C14H18N4O3/c19-13(20)12-11(2-1-5-15-12)16-14(21)18-8-6-17(7-9-18)10-3-4-10/h1-2,5,10H,3-4,6-9H2,(H,16,21)(H,19,20). The van der Waals surface area contributed by atoms with Crippen LogP contribution in [-0.2, 0) is 0 Å². The molecule has 2 heterocycles. The molecule has 3 rings (SSSR count). The maximum Gasteiger partial charge on any atom is 0.356 e. The number of nitrogens with one attached hydrogen (secondary N) is 1. The smallest absolute Gasteiger partial charge is 0.356 e. The monoisotopic (exact) mass is 290 g/mol. The molecule has 1 saturated heterocycles.